The number of epoxide rings is 1. The molecule has 8 heteroatoms. The van der Waals surface area contributed by atoms with Gasteiger partial charge in [0.2, 0.25) is 8.32 Å². The van der Waals surface area contributed by atoms with E-state index < -0.39 is 16.6 Å². The van der Waals surface area contributed by atoms with Crippen molar-refractivity contribution < 1.29 is 27.9 Å². The third kappa shape index (κ3) is 11.8. The molecule has 2 rings (SSSR count). The Morgan fingerprint density at radius 3 is 1.79 bits per heavy atom. The average Bonchev–Trinajstić information content (AvgIpc) is 3.47. The molecule has 0 aromatic rings. The first-order valence-corrected chi connectivity index (χ1v) is 19.1. The van der Waals surface area contributed by atoms with E-state index in [1.54, 1.807) is 0 Å². The van der Waals surface area contributed by atoms with Crippen molar-refractivity contribution in [3.8, 4) is 0 Å². The first kappa shape index (κ1) is 33.3. The minimum absolute atomic E-state index is 0. The van der Waals surface area contributed by atoms with Crippen molar-refractivity contribution in [2.24, 2.45) is 16.7 Å². The maximum absolute atomic E-state index is 11.9. The van der Waals surface area contributed by atoms with Crippen LogP contribution in [-0.4, -0.2) is 53.6 Å². The van der Waals surface area contributed by atoms with E-state index in [1.165, 1.54) is 0 Å². The Morgan fingerprint density at radius 1 is 0.853 bits per heavy atom. The van der Waals surface area contributed by atoms with Gasteiger partial charge in [-0.25, -0.2) is 0 Å². The van der Waals surface area contributed by atoms with Crippen LogP contribution in [0.3, 0.4) is 0 Å². The summed E-state index contributed by atoms with van der Waals surface area (Å²) in [7, 11) is -3.42. The molecule has 202 valence electrons. The van der Waals surface area contributed by atoms with E-state index in [0.717, 1.165) is 32.1 Å². The molecule has 0 spiro atoms. The molecule has 1 aliphatic heterocycles. The Kier molecular flexibility index (Phi) is 12.7. The molecule has 0 bridgehead atoms. The molecule has 1 saturated carbocycles. The number of hydrogen-bond donors (Lipinski definition) is 0. The van der Waals surface area contributed by atoms with Crippen molar-refractivity contribution >= 4 is 28.6 Å². The highest BCUT2D eigenvalue weighted by atomic mass is 28.4. The topological polar surface area (TPSA) is 74.4 Å². The predicted molar refractivity (Wildman–Crippen MR) is 145 cm³/mol. The summed E-state index contributed by atoms with van der Waals surface area (Å²) in [6.07, 6.45) is 6.43. The molecule has 0 amide bonds. The summed E-state index contributed by atoms with van der Waals surface area (Å²) >= 11 is 0. The van der Waals surface area contributed by atoms with Gasteiger partial charge in [0, 0.05) is 0 Å². The normalized spacial score (nSPS) is 22.4. The zero-order valence-corrected chi connectivity index (χ0v) is 25.1. The first-order valence-electron chi connectivity index (χ1n) is 12.6. The van der Waals surface area contributed by atoms with Crippen LogP contribution in [0, 0.1) is 16.7 Å². The molecular weight excluding hydrogens is 464 g/mol. The maximum atomic E-state index is 11.9. The van der Waals surface area contributed by atoms with Gasteiger partial charge in [-0.2, -0.15) is 0 Å². The van der Waals surface area contributed by atoms with Gasteiger partial charge in [-0.05, 0) is 98.5 Å². The van der Waals surface area contributed by atoms with Crippen LogP contribution in [0.25, 0.3) is 0 Å². The van der Waals surface area contributed by atoms with E-state index in [0.29, 0.717) is 31.0 Å². The molecular formula is C26H54O6Si2. The number of rotatable bonds is 10. The molecule has 2 aliphatic rings. The highest BCUT2D eigenvalue weighted by Gasteiger charge is 2.44. The summed E-state index contributed by atoms with van der Waals surface area (Å²) in [6, 6.07) is 0. The van der Waals surface area contributed by atoms with E-state index in [-0.39, 0.29) is 30.2 Å². The standard InChI is InChI=1S/C13H22O3.C12H28O3Si2.CH4/c1-4-13(2,3)12(14)15-8-9-5-6-10-11(7-9)16-10;1-9-12(2,3)11(13)14-10-17(7,8)15-16(4,5)6;/h9-11H,4-8H2,1-3H3;9-10H2,1-8H3;1H4. The Hall–Kier alpha value is -0.706. The summed E-state index contributed by atoms with van der Waals surface area (Å²) in [6.45, 7) is 23.0. The van der Waals surface area contributed by atoms with Crippen molar-refractivity contribution in [1.29, 1.82) is 0 Å². The second kappa shape index (κ2) is 13.0. The number of carbonyl (C=O) groups excluding carboxylic acids is 2. The van der Waals surface area contributed by atoms with Gasteiger partial charge in [0.25, 0.3) is 0 Å². The van der Waals surface area contributed by atoms with Gasteiger partial charge in [-0.3, -0.25) is 9.59 Å². The number of ether oxygens (including phenoxy) is 3. The first-order chi connectivity index (χ1) is 14.9. The number of hydrogen-bond acceptors (Lipinski definition) is 6. The van der Waals surface area contributed by atoms with Crippen LogP contribution in [0.5, 0.6) is 0 Å². The molecule has 1 heterocycles. The highest BCUT2D eigenvalue weighted by Crippen LogP contribution is 2.39. The molecule has 1 saturated heterocycles. The molecule has 3 atom stereocenters. The monoisotopic (exact) mass is 518 g/mol. The van der Waals surface area contributed by atoms with Crippen LogP contribution in [0.1, 0.15) is 81.1 Å². The van der Waals surface area contributed by atoms with E-state index in [2.05, 4.69) is 32.7 Å². The summed E-state index contributed by atoms with van der Waals surface area (Å²) in [4.78, 5) is 23.6. The fourth-order valence-corrected chi connectivity index (χ4v) is 11.0. The summed E-state index contributed by atoms with van der Waals surface area (Å²) < 4.78 is 22.4. The number of esters is 2. The van der Waals surface area contributed by atoms with Crippen molar-refractivity contribution in [3.63, 3.8) is 0 Å². The minimum atomic E-state index is -1.87. The molecule has 34 heavy (non-hydrogen) atoms. The van der Waals surface area contributed by atoms with E-state index in [9.17, 15) is 9.59 Å². The van der Waals surface area contributed by atoms with Crippen LogP contribution < -0.4 is 0 Å². The minimum Gasteiger partial charge on any atom is -0.466 e. The molecule has 0 N–H and O–H groups in total. The Morgan fingerprint density at radius 2 is 1.35 bits per heavy atom. The van der Waals surface area contributed by atoms with Gasteiger partial charge in [-0.1, -0.05) is 21.3 Å². The lowest BCUT2D eigenvalue weighted by molar-refractivity contribution is -0.156. The molecule has 0 aromatic carbocycles. The molecule has 6 nitrogen and oxygen atoms in total. The van der Waals surface area contributed by atoms with Crippen LogP contribution in [0.2, 0.25) is 32.7 Å². The fourth-order valence-electron chi connectivity index (χ4n) is 3.61. The van der Waals surface area contributed by atoms with Crippen LogP contribution in [-0.2, 0) is 27.9 Å². The van der Waals surface area contributed by atoms with Crippen molar-refractivity contribution in [2.75, 3.05) is 12.8 Å². The van der Waals surface area contributed by atoms with Crippen LogP contribution in [0.4, 0.5) is 0 Å². The third-order valence-electron chi connectivity index (χ3n) is 6.57. The molecule has 0 aromatic heterocycles. The van der Waals surface area contributed by atoms with Gasteiger partial charge in [0.1, 0.15) is 6.23 Å². The SMILES string of the molecule is C.CCC(C)(C)C(=O)OCC1CCC2OC2C1.CCC(C)(C)C(=O)OC[Si](C)(C)O[Si](C)(C)C. The predicted octanol–water partition coefficient (Wildman–Crippen LogP) is 6.73. The Labute approximate surface area is 212 Å². The highest BCUT2D eigenvalue weighted by molar-refractivity contribution is 6.84. The van der Waals surface area contributed by atoms with Gasteiger partial charge >= 0.3 is 11.9 Å². The van der Waals surface area contributed by atoms with Crippen molar-refractivity contribution in [2.45, 2.75) is 126 Å². The Balaban J connectivity index is 0.000000622. The summed E-state index contributed by atoms with van der Waals surface area (Å²) in [5, 5.41) is 0. The van der Waals surface area contributed by atoms with Gasteiger partial charge < -0.3 is 18.3 Å². The van der Waals surface area contributed by atoms with Crippen LogP contribution in [0.15, 0.2) is 0 Å². The molecule has 1 aliphatic carbocycles. The number of fused-ring (bicyclic) bond motifs is 1. The van der Waals surface area contributed by atoms with E-state index in [4.69, 9.17) is 18.3 Å². The molecule has 3 unspecified atom stereocenters. The summed E-state index contributed by atoms with van der Waals surface area (Å²) in [5.74, 6) is 0.342. The smallest absolute Gasteiger partial charge is 0.311 e. The van der Waals surface area contributed by atoms with Gasteiger partial charge in [0.05, 0.1) is 29.6 Å². The van der Waals surface area contributed by atoms with Crippen LogP contribution >= 0.6 is 0 Å². The zero-order chi connectivity index (χ0) is 25.7. The molecule has 0 radical (unpaired) electrons. The van der Waals surface area contributed by atoms with Gasteiger partial charge in [0.15, 0.2) is 8.32 Å². The zero-order valence-electron chi connectivity index (χ0n) is 23.1. The van der Waals surface area contributed by atoms with Gasteiger partial charge in [-0.15, -0.1) is 0 Å². The Bertz CT molecular complexity index is 654. The second-order valence-electron chi connectivity index (χ2n) is 12.5. The molecule has 2 fully saturated rings. The average molecular weight is 519 g/mol. The second-order valence-corrected chi connectivity index (χ2v) is 21.4. The summed E-state index contributed by atoms with van der Waals surface area (Å²) in [5.41, 5.74) is -0.725. The maximum Gasteiger partial charge on any atom is 0.311 e. The van der Waals surface area contributed by atoms with Crippen molar-refractivity contribution in [3.05, 3.63) is 0 Å². The fraction of sp³-hybridized carbons (Fsp3) is 0.923. The van der Waals surface area contributed by atoms with E-state index >= 15 is 0 Å². The quantitative estimate of drug-likeness (QED) is 0.181. The lowest BCUT2D eigenvalue weighted by Crippen LogP contribution is -2.47. The van der Waals surface area contributed by atoms with E-state index in [1.807, 2.05) is 41.5 Å². The lowest BCUT2D eigenvalue weighted by atomic mass is 9.89. The van der Waals surface area contributed by atoms with Crippen molar-refractivity contribution in [1.82, 2.24) is 0 Å². The number of carbonyl (C=O) groups is 2. The third-order valence-corrected chi connectivity index (χ3v) is 12.1. The largest absolute Gasteiger partial charge is 0.466 e. The lowest BCUT2D eigenvalue weighted by Gasteiger charge is -2.32.